The molecule has 0 amide bonds. The predicted octanol–water partition coefficient (Wildman–Crippen LogP) is 3.90. The zero-order chi connectivity index (χ0) is 14.8. The SMILES string of the molecule is CC(C)NCc1csc(N2CCC(C(C)(C)C)CC2)n1. The van der Waals surface area contributed by atoms with E-state index in [-0.39, 0.29) is 0 Å². The van der Waals surface area contributed by atoms with Gasteiger partial charge in [0, 0.05) is 31.1 Å². The lowest BCUT2D eigenvalue weighted by atomic mass is 9.75. The van der Waals surface area contributed by atoms with Crippen molar-refractivity contribution < 1.29 is 0 Å². The Kier molecular flexibility index (Phi) is 5.08. The molecule has 2 rings (SSSR count). The molecule has 0 aromatic carbocycles. The van der Waals surface area contributed by atoms with Crippen molar-refractivity contribution >= 4 is 16.5 Å². The number of aromatic nitrogens is 1. The lowest BCUT2D eigenvalue weighted by Crippen LogP contribution is -2.38. The van der Waals surface area contributed by atoms with Gasteiger partial charge in [0.1, 0.15) is 0 Å². The summed E-state index contributed by atoms with van der Waals surface area (Å²) in [6.07, 6.45) is 2.59. The minimum atomic E-state index is 0.446. The maximum Gasteiger partial charge on any atom is 0.185 e. The van der Waals surface area contributed by atoms with E-state index in [0.717, 1.165) is 25.6 Å². The lowest BCUT2D eigenvalue weighted by molar-refractivity contribution is 0.199. The Morgan fingerprint density at radius 3 is 2.55 bits per heavy atom. The van der Waals surface area contributed by atoms with Gasteiger partial charge in [-0.25, -0.2) is 4.98 Å². The second-order valence-electron chi connectivity index (χ2n) is 7.28. The quantitative estimate of drug-likeness (QED) is 0.913. The summed E-state index contributed by atoms with van der Waals surface area (Å²) >= 11 is 1.79. The van der Waals surface area contributed by atoms with Crippen LogP contribution in [-0.4, -0.2) is 24.1 Å². The molecule has 0 radical (unpaired) electrons. The number of piperidine rings is 1. The Labute approximate surface area is 127 Å². The molecule has 0 bridgehead atoms. The minimum Gasteiger partial charge on any atom is -0.348 e. The van der Waals surface area contributed by atoms with Crippen LogP contribution < -0.4 is 10.2 Å². The molecule has 1 aliphatic rings. The van der Waals surface area contributed by atoms with E-state index in [1.54, 1.807) is 11.3 Å². The normalized spacial score (nSPS) is 18.0. The number of rotatable bonds is 4. The standard InChI is InChI=1S/C16H29N3S/c1-12(2)17-10-14-11-20-15(18-14)19-8-6-13(7-9-19)16(3,4)5/h11-13,17H,6-10H2,1-5H3. The van der Waals surface area contributed by atoms with E-state index in [9.17, 15) is 0 Å². The molecule has 0 atom stereocenters. The second-order valence-corrected chi connectivity index (χ2v) is 8.12. The van der Waals surface area contributed by atoms with Crippen molar-refractivity contribution in [3.8, 4) is 0 Å². The summed E-state index contributed by atoms with van der Waals surface area (Å²) in [5.74, 6) is 0.848. The van der Waals surface area contributed by atoms with Crippen molar-refractivity contribution in [3.63, 3.8) is 0 Å². The summed E-state index contributed by atoms with van der Waals surface area (Å²) in [5.41, 5.74) is 1.62. The van der Waals surface area contributed by atoms with Gasteiger partial charge in [-0.2, -0.15) is 0 Å². The lowest BCUT2D eigenvalue weighted by Gasteiger charge is -2.38. The first kappa shape index (κ1) is 15.8. The highest BCUT2D eigenvalue weighted by Gasteiger charge is 2.29. The van der Waals surface area contributed by atoms with Gasteiger partial charge >= 0.3 is 0 Å². The summed E-state index contributed by atoms with van der Waals surface area (Å²) in [4.78, 5) is 7.24. The van der Waals surface area contributed by atoms with Crippen molar-refractivity contribution in [3.05, 3.63) is 11.1 Å². The molecule has 1 saturated heterocycles. The van der Waals surface area contributed by atoms with Crippen LogP contribution in [0.25, 0.3) is 0 Å². The van der Waals surface area contributed by atoms with Crippen molar-refractivity contribution in [1.82, 2.24) is 10.3 Å². The summed E-state index contributed by atoms with van der Waals surface area (Å²) in [7, 11) is 0. The molecule has 3 nitrogen and oxygen atoms in total. The molecule has 4 heteroatoms. The highest BCUT2D eigenvalue weighted by molar-refractivity contribution is 7.13. The van der Waals surface area contributed by atoms with Crippen LogP contribution in [-0.2, 0) is 6.54 Å². The van der Waals surface area contributed by atoms with Gasteiger partial charge in [0.2, 0.25) is 0 Å². The number of thiazole rings is 1. The molecular formula is C16H29N3S. The van der Waals surface area contributed by atoms with E-state index in [0.29, 0.717) is 11.5 Å². The molecule has 1 fully saturated rings. The van der Waals surface area contributed by atoms with Crippen LogP contribution in [0.4, 0.5) is 5.13 Å². The van der Waals surface area contributed by atoms with Crippen molar-refractivity contribution in [2.75, 3.05) is 18.0 Å². The number of hydrogen-bond acceptors (Lipinski definition) is 4. The number of nitrogens with zero attached hydrogens (tertiary/aromatic N) is 2. The first-order valence-corrected chi connectivity index (χ1v) is 8.67. The fourth-order valence-electron chi connectivity index (χ4n) is 2.77. The van der Waals surface area contributed by atoms with Crippen molar-refractivity contribution in [1.29, 1.82) is 0 Å². The Hall–Kier alpha value is -0.610. The molecular weight excluding hydrogens is 266 g/mol. The van der Waals surface area contributed by atoms with Crippen LogP contribution in [0, 0.1) is 11.3 Å². The van der Waals surface area contributed by atoms with E-state index >= 15 is 0 Å². The molecule has 114 valence electrons. The number of hydrogen-bond donors (Lipinski definition) is 1. The molecule has 20 heavy (non-hydrogen) atoms. The van der Waals surface area contributed by atoms with Gasteiger partial charge in [-0.1, -0.05) is 34.6 Å². The average Bonchev–Trinajstić information content (AvgIpc) is 2.84. The zero-order valence-electron chi connectivity index (χ0n) is 13.6. The van der Waals surface area contributed by atoms with Crippen LogP contribution >= 0.6 is 11.3 Å². The zero-order valence-corrected chi connectivity index (χ0v) is 14.4. The molecule has 0 aliphatic carbocycles. The summed E-state index contributed by atoms with van der Waals surface area (Å²) in [6.45, 7) is 14.6. The monoisotopic (exact) mass is 295 g/mol. The van der Waals surface area contributed by atoms with Gasteiger partial charge < -0.3 is 10.2 Å². The maximum atomic E-state index is 4.78. The summed E-state index contributed by atoms with van der Waals surface area (Å²) < 4.78 is 0. The highest BCUT2D eigenvalue weighted by Crippen LogP contribution is 2.36. The summed E-state index contributed by atoms with van der Waals surface area (Å²) in [6, 6.07) is 0.516. The van der Waals surface area contributed by atoms with Crippen LogP contribution in [0.2, 0.25) is 0 Å². The topological polar surface area (TPSA) is 28.2 Å². The van der Waals surface area contributed by atoms with Crippen molar-refractivity contribution in [2.45, 2.75) is 60.0 Å². The first-order chi connectivity index (χ1) is 9.36. The van der Waals surface area contributed by atoms with Crippen LogP contribution in [0.15, 0.2) is 5.38 Å². The first-order valence-electron chi connectivity index (χ1n) is 7.79. The Morgan fingerprint density at radius 2 is 2.00 bits per heavy atom. The average molecular weight is 295 g/mol. The van der Waals surface area contributed by atoms with E-state index in [4.69, 9.17) is 4.98 Å². The number of anilines is 1. The Balaban J connectivity index is 1.88. The molecule has 1 N–H and O–H groups in total. The highest BCUT2D eigenvalue weighted by atomic mass is 32.1. The molecule has 0 spiro atoms. The summed E-state index contributed by atoms with van der Waals surface area (Å²) in [5, 5.41) is 6.83. The largest absolute Gasteiger partial charge is 0.348 e. The molecule has 2 heterocycles. The third-order valence-electron chi connectivity index (χ3n) is 4.22. The molecule has 1 aromatic rings. The predicted molar refractivity (Wildman–Crippen MR) is 88.5 cm³/mol. The molecule has 1 aromatic heterocycles. The minimum absolute atomic E-state index is 0.446. The van der Waals surface area contributed by atoms with Gasteiger partial charge in [-0.15, -0.1) is 11.3 Å². The van der Waals surface area contributed by atoms with E-state index < -0.39 is 0 Å². The smallest absolute Gasteiger partial charge is 0.185 e. The third kappa shape index (κ3) is 4.19. The molecule has 1 aliphatic heterocycles. The maximum absolute atomic E-state index is 4.78. The van der Waals surface area contributed by atoms with Gasteiger partial charge in [0.15, 0.2) is 5.13 Å². The third-order valence-corrected chi connectivity index (χ3v) is 5.17. The van der Waals surface area contributed by atoms with E-state index in [1.165, 1.54) is 23.7 Å². The number of nitrogens with one attached hydrogen (secondary N) is 1. The molecule has 0 unspecified atom stereocenters. The van der Waals surface area contributed by atoms with Crippen LogP contribution in [0.5, 0.6) is 0 Å². The fraction of sp³-hybridized carbons (Fsp3) is 0.812. The van der Waals surface area contributed by atoms with Crippen molar-refractivity contribution in [2.24, 2.45) is 11.3 Å². The van der Waals surface area contributed by atoms with Gasteiger partial charge in [-0.3, -0.25) is 0 Å². The molecule has 0 saturated carbocycles. The second kappa shape index (κ2) is 6.44. The van der Waals surface area contributed by atoms with Gasteiger partial charge in [-0.05, 0) is 24.2 Å². The Bertz CT molecular complexity index is 412. The van der Waals surface area contributed by atoms with Crippen LogP contribution in [0.1, 0.15) is 53.2 Å². The van der Waals surface area contributed by atoms with E-state index in [1.807, 2.05) is 0 Å². The van der Waals surface area contributed by atoms with Gasteiger partial charge in [0.25, 0.3) is 0 Å². The Morgan fingerprint density at radius 1 is 1.35 bits per heavy atom. The van der Waals surface area contributed by atoms with Gasteiger partial charge in [0.05, 0.1) is 5.69 Å². The van der Waals surface area contributed by atoms with Crippen LogP contribution in [0.3, 0.4) is 0 Å². The fourth-order valence-corrected chi connectivity index (χ4v) is 3.65. The van der Waals surface area contributed by atoms with E-state index in [2.05, 4.69) is 50.2 Å².